The highest BCUT2D eigenvalue weighted by Crippen LogP contribution is 2.14. The average Bonchev–Trinajstić information content (AvgIpc) is 2.46. The van der Waals surface area contributed by atoms with Gasteiger partial charge in [0.1, 0.15) is 5.82 Å². The van der Waals surface area contributed by atoms with Crippen LogP contribution in [0.15, 0.2) is 24.5 Å². The zero-order valence-corrected chi connectivity index (χ0v) is 11.1. The minimum Gasteiger partial charge on any atom is -0.378 e. The van der Waals surface area contributed by atoms with Gasteiger partial charge in [-0.3, -0.25) is 0 Å². The Kier molecular flexibility index (Phi) is 4.74. The number of aromatic nitrogens is 4. The molecule has 1 N–H and O–H groups in total. The largest absolute Gasteiger partial charge is 0.378 e. The van der Waals surface area contributed by atoms with Gasteiger partial charge in [0.05, 0.1) is 12.3 Å². The van der Waals surface area contributed by atoms with E-state index in [-0.39, 0.29) is 0 Å². The van der Waals surface area contributed by atoms with Crippen molar-refractivity contribution in [1.29, 1.82) is 0 Å². The van der Waals surface area contributed by atoms with Crippen molar-refractivity contribution in [3.63, 3.8) is 0 Å². The standard InChI is InChI=1S/C13H17N5O/c1-3-5-14-11-8-10(9-19-2)17-13(18-11)12-15-6-4-7-16-12/h4,6-8H,3,5,9H2,1-2H3,(H,14,17,18). The molecule has 0 saturated heterocycles. The van der Waals surface area contributed by atoms with Crippen molar-refractivity contribution >= 4 is 5.82 Å². The quantitative estimate of drug-likeness (QED) is 0.854. The van der Waals surface area contributed by atoms with Gasteiger partial charge in [0.25, 0.3) is 0 Å². The summed E-state index contributed by atoms with van der Waals surface area (Å²) in [7, 11) is 1.64. The maximum absolute atomic E-state index is 5.12. The lowest BCUT2D eigenvalue weighted by Gasteiger charge is -2.08. The molecular weight excluding hydrogens is 242 g/mol. The van der Waals surface area contributed by atoms with Gasteiger partial charge in [-0.15, -0.1) is 0 Å². The third kappa shape index (κ3) is 3.69. The SMILES string of the molecule is CCCNc1cc(COC)nc(-c2ncccn2)n1. The molecule has 100 valence electrons. The van der Waals surface area contributed by atoms with Crippen LogP contribution in [0.2, 0.25) is 0 Å². The Morgan fingerprint density at radius 2 is 1.95 bits per heavy atom. The molecule has 6 nitrogen and oxygen atoms in total. The summed E-state index contributed by atoms with van der Waals surface area (Å²) in [6.45, 7) is 3.40. The molecule has 0 aliphatic rings. The average molecular weight is 259 g/mol. The van der Waals surface area contributed by atoms with Gasteiger partial charge in [0.2, 0.25) is 0 Å². The Morgan fingerprint density at radius 3 is 2.63 bits per heavy atom. The molecule has 2 aromatic rings. The summed E-state index contributed by atoms with van der Waals surface area (Å²) in [4.78, 5) is 17.2. The van der Waals surface area contributed by atoms with E-state index >= 15 is 0 Å². The first-order valence-corrected chi connectivity index (χ1v) is 6.21. The summed E-state index contributed by atoms with van der Waals surface area (Å²) in [6, 6.07) is 3.64. The molecule has 0 saturated carbocycles. The van der Waals surface area contributed by atoms with Crippen molar-refractivity contribution in [2.24, 2.45) is 0 Å². The van der Waals surface area contributed by atoms with Gasteiger partial charge in [-0.05, 0) is 12.5 Å². The molecule has 0 unspecified atom stereocenters. The number of nitrogens with one attached hydrogen (secondary N) is 1. The normalized spacial score (nSPS) is 10.4. The van der Waals surface area contributed by atoms with Crippen LogP contribution in [-0.4, -0.2) is 33.6 Å². The lowest BCUT2D eigenvalue weighted by atomic mass is 10.3. The summed E-state index contributed by atoms with van der Waals surface area (Å²) in [5, 5.41) is 3.24. The van der Waals surface area contributed by atoms with Gasteiger partial charge in [0, 0.05) is 32.1 Å². The molecule has 0 aliphatic carbocycles. The van der Waals surface area contributed by atoms with Crippen molar-refractivity contribution in [3.8, 4) is 11.6 Å². The highest BCUT2D eigenvalue weighted by Gasteiger charge is 2.08. The van der Waals surface area contributed by atoms with E-state index in [0.717, 1.165) is 24.5 Å². The van der Waals surface area contributed by atoms with Gasteiger partial charge >= 0.3 is 0 Å². The van der Waals surface area contributed by atoms with Crippen LogP contribution in [0.25, 0.3) is 11.6 Å². The fourth-order valence-corrected chi connectivity index (χ4v) is 1.58. The van der Waals surface area contributed by atoms with Crippen LogP contribution in [0.3, 0.4) is 0 Å². The predicted molar refractivity (Wildman–Crippen MR) is 72.6 cm³/mol. The van der Waals surface area contributed by atoms with Gasteiger partial charge in [0.15, 0.2) is 11.6 Å². The monoisotopic (exact) mass is 259 g/mol. The van der Waals surface area contributed by atoms with E-state index in [1.807, 2.05) is 6.07 Å². The van der Waals surface area contributed by atoms with Gasteiger partial charge in [-0.2, -0.15) is 0 Å². The van der Waals surface area contributed by atoms with E-state index in [0.29, 0.717) is 18.3 Å². The van der Waals surface area contributed by atoms with Crippen molar-refractivity contribution in [1.82, 2.24) is 19.9 Å². The molecular formula is C13H17N5O. The van der Waals surface area contributed by atoms with Crippen molar-refractivity contribution < 1.29 is 4.74 Å². The molecule has 0 amide bonds. The molecule has 19 heavy (non-hydrogen) atoms. The van der Waals surface area contributed by atoms with E-state index < -0.39 is 0 Å². The third-order valence-corrected chi connectivity index (χ3v) is 2.39. The number of methoxy groups -OCH3 is 1. The predicted octanol–water partition coefficient (Wildman–Crippen LogP) is 1.90. The summed E-state index contributed by atoms with van der Waals surface area (Å²) >= 11 is 0. The van der Waals surface area contributed by atoms with Crippen LogP contribution in [-0.2, 0) is 11.3 Å². The second-order valence-electron chi connectivity index (χ2n) is 4.00. The molecule has 0 spiro atoms. The molecule has 0 aromatic carbocycles. The molecule has 2 rings (SSSR count). The summed E-state index contributed by atoms with van der Waals surface area (Å²) in [5.74, 6) is 1.79. The van der Waals surface area contributed by atoms with E-state index in [2.05, 4.69) is 32.2 Å². The van der Waals surface area contributed by atoms with Crippen LogP contribution in [0.5, 0.6) is 0 Å². The van der Waals surface area contributed by atoms with E-state index in [1.165, 1.54) is 0 Å². The molecule has 2 aromatic heterocycles. The zero-order valence-electron chi connectivity index (χ0n) is 11.1. The first kappa shape index (κ1) is 13.4. The topological polar surface area (TPSA) is 72.8 Å². The first-order chi connectivity index (χ1) is 9.33. The maximum atomic E-state index is 5.12. The molecule has 0 aliphatic heterocycles. The number of hydrogen-bond acceptors (Lipinski definition) is 6. The number of ether oxygens (including phenoxy) is 1. The third-order valence-electron chi connectivity index (χ3n) is 2.39. The van der Waals surface area contributed by atoms with E-state index in [4.69, 9.17) is 4.74 Å². The van der Waals surface area contributed by atoms with Crippen molar-refractivity contribution in [2.45, 2.75) is 20.0 Å². The Balaban J connectivity index is 2.33. The minimum absolute atomic E-state index is 0.434. The highest BCUT2D eigenvalue weighted by molar-refractivity contribution is 5.48. The number of nitrogens with zero attached hydrogens (tertiary/aromatic N) is 4. The summed E-state index contributed by atoms with van der Waals surface area (Å²) < 4.78 is 5.12. The lowest BCUT2D eigenvalue weighted by molar-refractivity contribution is 0.181. The van der Waals surface area contributed by atoms with Gasteiger partial charge < -0.3 is 10.1 Å². The first-order valence-electron chi connectivity index (χ1n) is 6.21. The van der Waals surface area contributed by atoms with Gasteiger partial charge in [-0.1, -0.05) is 6.92 Å². The molecule has 0 radical (unpaired) electrons. The smallest absolute Gasteiger partial charge is 0.200 e. The maximum Gasteiger partial charge on any atom is 0.200 e. The van der Waals surface area contributed by atoms with Crippen LogP contribution in [0, 0.1) is 0 Å². The van der Waals surface area contributed by atoms with Crippen molar-refractivity contribution in [2.75, 3.05) is 19.0 Å². The second kappa shape index (κ2) is 6.75. The van der Waals surface area contributed by atoms with Crippen molar-refractivity contribution in [3.05, 3.63) is 30.2 Å². The number of rotatable bonds is 6. The van der Waals surface area contributed by atoms with Crippen LogP contribution < -0.4 is 5.32 Å². The Hall–Kier alpha value is -2.08. The fraction of sp³-hybridized carbons (Fsp3) is 0.385. The highest BCUT2D eigenvalue weighted by atomic mass is 16.5. The number of anilines is 1. The summed E-state index contributed by atoms with van der Waals surface area (Å²) in [5.41, 5.74) is 0.804. The van der Waals surface area contributed by atoms with Crippen LogP contribution in [0.1, 0.15) is 19.0 Å². The van der Waals surface area contributed by atoms with E-state index in [9.17, 15) is 0 Å². The molecule has 6 heteroatoms. The summed E-state index contributed by atoms with van der Waals surface area (Å²) in [6.07, 6.45) is 4.38. The van der Waals surface area contributed by atoms with Crippen LogP contribution in [0.4, 0.5) is 5.82 Å². The molecule has 0 atom stereocenters. The molecule has 0 fully saturated rings. The number of hydrogen-bond donors (Lipinski definition) is 1. The molecule has 2 heterocycles. The Labute approximate surface area is 112 Å². The zero-order chi connectivity index (χ0) is 13.5. The molecule has 0 bridgehead atoms. The second-order valence-corrected chi connectivity index (χ2v) is 4.00. The fourth-order valence-electron chi connectivity index (χ4n) is 1.58. The van der Waals surface area contributed by atoms with Gasteiger partial charge in [-0.25, -0.2) is 19.9 Å². The Morgan fingerprint density at radius 1 is 1.16 bits per heavy atom. The minimum atomic E-state index is 0.434. The Bertz CT molecular complexity index is 518. The lowest BCUT2D eigenvalue weighted by Crippen LogP contribution is -2.07. The van der Waals surface area contributed by atoms with E-state index in [1.54, 1.807) is 25.6 Å². The van der Waals surface area contributed by atoms with Crippen LogP contribution >= 0.6 is 0 Å².